The molecule has 1 saturated carbocycles. The van der Waals surface area contributed by atoms with Crippen molar-refractivity contribution in [1.29, 1.82) is 0 Å². The molecule has 1 fully saturated rings. The first-order valence-corrected chi connectivity index (χ1v) is 9.59. The number of aliphatic hydroxyl groups is 1. The van der Waals surface area contributed by atoms with Crippen molar-refractivity contribution in [2.75, 3.05) is 25.1 Å². The highest BCUT2D eigenvalue weighted by Crippen LogP contribution is 2.30. The van der Waals surface area contributed by atoms with E-state index in [0.717, 1.165) is 31.2 Å². The summed E-state index contributed by atoms with van der Waals surface area (Å²) in [6, 6.07) is 10.00. The maximum absolute atomic E-state index is 11.4. The molecular weight excluding hydrogens is 286 g/mol. The minimum Gasteiger partial charge on any atom is -0.389 e. The van der Waals surface area contributed by atoms with Crippen LogP contribution >= 0.6 is 0 Å². The molecule has 0 atom stereocenters. The summed E-state index contributed by atoms with van der Waals surface area (Å²) in [6.45, 7) is 1.70. The van der Waals surface area contributed by atoms with Crippen LogP contribution in [0.2, 0.25) is 0 Å². The molecule has 4 nitrogen and oxygen atoms in total. The van der Waals surface area contributed by atoms with Gasteiger partial charge in [-0.05, 0) is 18.4 Å². The number of rotatable bonds is 7. The standard InChI is InChI=1S/C16H25NO3S/c1-21(19,20)12-11-17(13-15-7-3-2-4-8-15)14-16(18)9-5-6-10-16/h2-4,7-8,18H,5-6,9-14H2,1H3. The van der Waals surface area contributed by atoms with Gasteiger partial charge in [0.05, 0.1) is 11.4 Å². The molecule has 0 heterocycles. The van der Waals surface area contributed by atoms with Crippen LogP contribution in [0.5, 0.6) is 0 Å². The summed E-state index contributed by atoms with van der Waals surface area (Å²) in [6.07, 6.45) is 5.01. The molecule has 1 aromatic carbocycles. The summed E-state index contributed by atoms with van der Waals surface area (Å²) in [5.74, 6) is 0.135. The first kappa shape index (κ1) is 16.5. The average Bonchev–Trinajstić information content (AvgIpc) is 2.83. The maximum atomic E-state index is 11.4. The zero-order valence-electron chi connectivity index (χ0n) is 12.7. The Kier molecular flexibility index (Phi) is 5.41. The van der Waals surface area contributed by atoms with E-state index < -0.39 is 15.4 Å². The molecule has 0 aromatic heterocycles. The average molecular weight is 311 g/mol. The van der Waals surface area contributed by atoms with Crippen LogP contribution in [0.15, 0.2) is 30.3 Å². The summed E-state index contributed by atoms with van der Waals surface area (Å²) >= 11 is 0. The van der Waals surface area contributed by atoms with Crippen LogP contribution in [0.25, 0.3) is 0 Å². The lowest BCUT2D eigenvalue weighted by molar-refractivity contribution is 0.00870. The molecule has 0 spiro atoms. The highest BCUT2D eigenvalue weighted by molar-refractivity contribution is 7.90. The molecule has 1 aromatic rings. The molecule has 0 saturated heterocycles. The van der Waals surface area contributed by atoms with Gasteiger partial charge in [0.15, 0.2) is 0 Å². The van der Waals surface area contributed by atoms with E-state index in [0.29, 0.717) is 19.6 Å². The predicted molar refractivity (Wildman–Crippen MR) is 84.8 cm³/mol. The zero-order valence-corrected chi connectivity index (χ0v) is 13.5. The van der Waals surface area contributed by atoms with Gasteiger partial charge in [0, 0.05) is 25.9 Å². The highest BCUT2D eigenvalue weighted by Gasteiger charge is 2.33. The first-order valence-electron chi connectivity index (χ1n) is 7.53. The van der Waals surface area contributed by atoms with Crippen LogP contribution in [-0.4, -0.2) is 49.1 Å². The lowest BCUT2D eigenvalue weighted by Gasteiger charge is -2.31. The molecular formula is C16H25NO3S. The third-order valence-electron chi connectivity index (χ3n) is 4.08. The Hall–Kier alpha value is -0.910. The van der Waals surface area contributed by atoms with E-state index in [1.165, 1.54) is 6.26 Å². The molecule has 5 heteroatoms. The van der Waals surface area contributed by atoms with Crippen molar-refractivity contribution >= 4 is 9.84 Å². The number of hydrogen-bond donors (Lipinski definition) is 1. The Morgan fingerprint density at radius 1 is 1.19 bits per heavy atom. The molecule has 2 rings (SSSR count). The van der Waals surface area contributed by atoms with Gasteiger partial charge < -0.3 is 5.11 Å². The van der Waals surface area contributed by atoms with Crippen molar-refractivity contribution in [2.45, 2.75) is 37.8 Å². The SMILES string of the molecule is CS(=O)(=O)CCN(Cc1ccccc1)CC1(O)CCCC1. The highest BCUT2D eigenvalue weighted by atomic mass is 32.2. The summed E-state index contributed by atoms with van der Waals surface area (Å²) in [5.41, 5.74) is 0.499. The van der Waals surface area contributed by atoms with Gasteiger partial charge in [0.25, 0.3) is 0 Å². The minimum absolute atomic E-state index is 0.135. The van der Waals surface area contributed by atoms with Gasteiger partial charge in [0.1, 0.15) is 9.84 Å². The lowest BCUT2D eigenvalue weighted by Crippen LogP contribution is -2.42. The van der Waals surface area contributed by atoms with E-state index in [1.54, 1.807) is 0 Å². The number of nitrogens with zero attached hydrogens (tertiary/aromatic N) is 1. The molecule has 118 valence electrons. The number of hydrogen-bond acceptors (Lipinski definition) is 4. The van der Waals surface area contributed by atoms with Crippen molar-refractivity contribution in [3.63, 3.8) is 0 Å². The van der Waals surface area contributed by atoms with Gasteiger partial charge in [-0.1, -0.05) is 43.2 Å². The normalized spacial score (nSPS) is 18.2. The van der Waals surface area contributed by atoms with Crippen molar-refractivity contribution in [3.8, 4) is 0 Å². The monoisotopic (exact) mass is 311 g/mol. The van der Waals surface area contributed by atoms with Crippen LogP contribution in [0.4, 0.5) is 0 Å². The van der Waals surface area contributed by atoms with E-state index in [-0.39, 0.29) is 5.75 Å². The topological polar surface area (TPSA) is 57.6 Å². The fourth-order valence-corrected chi connectivity index (χ4v) is 3.55. The Morgan fingerprint density at radius 3 is 2.38 bits per heavy atom. The van der Waals surface area contributed by atoms with Gasteiger partial charge >= 0.3 is 0 Å². The van der Waals surface area contributed by atoms with Gasteiger partial charge in [-0.3, -0.25) is 4.90 Å². The maximum Gasteiger partial charge on any atom is 0.148 e. The molecule has 0 bridgehead atoms. The third kappa shape index (κ3) is 5.77. The second-order valence-corrected chi connectivity index (χ2v) is 8.52. The molecule has 0 radical (unpaired) electrons. The van der Waals surface area contributed by atoms with E-state index in [2.05, 4.69) is 4.90 Å². The summed E-state index contributed by atoms with van der Waals surface area (Å²) in [7, 11) is -2.99. The van der Waals surface area contributed by atoms with Crippen LogP contribution in [0.3, 0.4) is 0 Å². The van der Waals surface area contributed by atoms with Crippen LogP contribution in [-0.2, 0) is 16.4 Å². The molecule has 0 unspecified atom stereocenters. The Morgan fingerprint density at radius 2 is 1.81 bits per heavy atom. The summed E-state index contributed by atoms with van der Waals surface area (Å²) in [5, 5.41) is 10.6. The molecule has 0 amide bonds. The Bertz CT molecular complexity index is 536. The molecule has 1 aliphatic rings. The Labute approximate surface area is 127 Å². The third-order valence-corrected chi connectivity index (χ3v) is 5.00. The van der Waals surface area contributed by atoms with Crippen molar-refractivity contribution < 1.29 is 13.5 Å². The van der Waals surface area contributed by atoms with Gasteiger partial charge in [-0.15, -0.1) is 0 Å². The van der Waals surface area contributed by atoms with E-state index >= 15 is 0 Å². The molecule has 1 N–H and O–H groups in total. The molecule has 0 aliphatic heterocycles. The van der Waals surface area contributed by atoms with Crippen LogP contribution in [0.1, 0.15) is 31.2 Å². The van der Waals surface area contributed by atoms with E-state index in [9.17, 15) is 13.5 Å². The fraction of sp³-hybridized carbons (Fsp3) is 0.625. The first-order chi connectivity index (χ1) is 9.86. The second-order valence-electron chi connectivity index (χ2n) is 6.26. The number of benzene rings is 1. The predicted octanol–water partition coefficient (Wildman–Crippen LogP) is 1.84. The largest absolute Gasteiger partial charge is 0.389 e. The van der Waals surface area contributed by atoms with Crippen LogP contribution < -0.4 is 0 Å². The van der Waals surface area contributed by atoms with Gasteiger partial charge in [0.2, 0.25) is 0 Å². The van der Waals surface area contributed by atoms with Crippen molar-refractivity contribution in [2.24, 2.45) is 0 Å². The summed E-state index contributed by atoms with van der Waals surface area (Å²) < 4.78 is 22.8. The fourth-order valence-electron chi connectivity index (χ4n) is 2.96. The van der Waals surface area contributed by atoms with Crippen molar-refractivity contribution in [1.82, 2.24) is 4.90 Å². The van der Waals surface area contributed by atoms with Gasteiger partial charge in [-0.25, -0.2) is 8.42 Å². The summed E-state index contributed by atoms with van der Waals surface area (Å²) in [4.78, 5) is 2.07. The minimum atomic E-state index is -2.99. The zero-order chi connectivity index (χ0) is 15.3. The lowest BCUT2D eigenvalue weighted by atomic mass is 10.0. The Balaban J connectivity index is 2.02. The molecule has 1 aliphatic carbocycles. The van der Waals surface area contributed by atoms with E-state index in [1.807, 2.05) is 30.3 Å². The smallest absolute Gasteiger partial charge is 0.148 e. The second kappa shape index (κ2) is 6.90. The quantitative estimate of drug-likeness (QED) is 0.835. The van der Waals surface area contributed by atoms with E-state index in [4.69, 9.17) is 0 Å². The van der Waals surface area contributed by atoms with Crippen LogP contribution in [0, 0.1) is 0 Å². The van der Waals surface area contributed by atoms with Gasteiger partial charge in [-0.2, -0.15) is 0 Å². The number of sulfone groups is 1. The molecule has 21 heavy (non-hydrogen) atoms. The van der Waals surface area contributed by atoms with Crippen molar-refractivity contribution in [3.05, 3.63) is 35.9 Å².